The number of unbranched alkanes of at least 4 members (excludes halogenated alkanes) is 3. The minimum absolute atomic E-state index is 0.0641. The molecule has 0 unspecified atom stereocenters. The largest absolute Gasteiger partial charge is 0.494 e. The molecule has 1 rings (SSSR count). The molecule has 10 nitrogen and oxygen atoms in total. The molecule has 0 spiro atoms. The normalized spacial score (nSPS) is 12.4. The number of nitriles is 2. The molecular weight excluding hydrogens is 436 g/mol. The van der Waals surface area contributed by atoms with E-state index in [1.54, 1.807) is 6.07 Å². The fraction of sp³-hybridized carbons (Fsp3) is 0.429. The van der Waals surface area contributed by atoms with Crippen LogP contribution in [0.3, 0.4) is 0 Å². The molecule has 0 aliphatic rings. The third kappa shape index (κ3) is 8.63. The highest BCUT2D eigenvalue weighted by atomic mass is 32.3. The molecule has 0 heterocycles. The molecular formula is C21H22N4O6S. The van der Waals surface area contributed by atoms with Crippen molar-refractivity contribution >= 4 is 21.8 Å². The van der Waals surface area contributed by atoms with Gasteiger partial charge in [-0.3, -0.25) is 4.55 Å². The van der Waals surface area contributed by atoms with Crippen molar-refractivity contribution in [1.82, 2.24) is 0 Å². The molecule has 1 aromatic rings. The van der Waals surface area contributed by atoms with E-state index in [1.807, 2.05) is 13.0 Å². The van der Waals surface area contributed by atoms with E-state index in [0.717, 1.165) is 19.3 Å². The van der Waals surface area contributed by atoms with E-state index in [1.165, 1.54) is 12.1 Å². The SMILES string of the molecule is [C-]#[N+]/C(C#N)=c1/cc(OCCCCOS(=O)(=O)O)/c(=C(\C#N)[N+]#[C-])cc1OCCCCC. The van der Waals surface area contributed by atoms with Crippen molar-refractivity contribution in [1.29, 1.82) is 10.5 Å². The summed E-state index contributed by atoms with van der Waals surface area (Å²) < 4.78 is 45.3. The van der Waals surface area contributed by atoms with Gasteiger partial charge >= 0.3 is 10.4 Å². The first-order chi connectivity index (χ1) is 15.3. The second kappa shape index (κ2) is 13.6. The summed E-state index contributed by atoms with van der Waals surface area (Å²) in [6, 6.07) is 6.41. The van der Waals surface area contributed by atoms with Gasteiger partial charge in [-0.15, -0.1) is 0 Å². The molecule has 0 radical (unpaired) electrons. The maximum atomic E-state index is 10.5. The molecule has 0 fully saturated rings. The van der Waals surface area contributed by atoms with E-state index in [4.69, 9.17) is 27.2 Å². The Balaban J connectivity index is 3.33. The van der Waals surface area contributed by atoms with Crippen molar-refractivity contribution in [2.45, 2.75) is 39.0 Å². The van der Waals surface area contributed by atoms with Gasteiger partial charge < -0.3 is 9.47 Å². The quantitative estimate of drug-likeness (QED) is 0.286. The maximum absolute atomic E-state index is 10.5. The number of hydrogen-bond acceptors (Lipinski definition) is 7. The number of ether oxygens (including phenoxy) is 2. The summed E-state index contributed by atoms with van der Waals surface area (Å²) in [5.41, 5.74) is -0.476. The second-order valence-electron chi connectivity index (χ2n) is 6.35. The summed E-state index contributed by atoms with van der Waals surface area (Å²) in [4.78, 5) is 6.43. The lowest BCUT2D eigenvalue weighted by molar-refractivity contribution is 0.243. The van der Waals surface area contributed by atoms with Gasteiger partial charge in [0.05, 0.1) is 45.1 Å². The first-order valence-corrected chi connectivity index (χ1v) is 11.0. The minimum atomic E-state index is -4.51. The van der Waals surface area contributed by atoms with E-state index in [2.05, 4.69) is 13.9 Å². The van der Waals surface area contributed by atoms with Crippen LogP contribution in [0, 0.1) is 35.8 Å². The predicted molar refractivity (Wildman–Crippen MR) is 114 cm³/mol. The van der Waals surface area contributed by atoms with Gasteiger partial charge in [0.25, 0.3) is 11.4 Å². The van der Waals surface area contributed by atoms with Crippen LogP contribution >= 0.6 is 0 Å². The van der Waals surface area contributed by atoms with Gasteiger partial charge in [0.1, 0.15) is 11.5 Å². The van der Waals surface area contributed by atoms with Gasteiger partial charge in [-0.25, -0.2) is 24.4 Å². The highest BCUT2D eigenvalue weighted by Crippen LogP contribution is 2.13. The lowest BCUT2D eigenvalue weighted by Crippen LogP contribution is -2.20. The van der Waals surface area contributed by atoms with Crippen molar-refractivity contribution in [3.8, 4) is 23.6 Å². The third-order valence-electron chi connectivity index (χ3n) is 4.06. The molecule has 0 aromatic heterocycles. The van der Waals surface area contributed by atoms with Crippen molar-refractivity contribution < 1.29 is 26.6 Å². The monoisotopic (exact) mass is 458 g/mol. The zero-order valence-corrected chi connectivity index (χ0v) is 18.3. The highest BCUT2D eigenvalue weighted by molar-refractivity contribution is 7.80. The molecule has 11 heteroatoms. The van der Waals surface area contributed by atoms with Crippen LogP contribution in [0.15, 0.2) is 12.1 Å². The molecule has 0 amide bonds. The zero-order chi connectivity index (χ0) is 24.0. The molecule has 0 saturated heterocycles. The maximum Gasteiger partial charge on any atom is 0.397 e. The van der Waals surface area contributed by atoms with Crippen molar-refractivity contribution in [3.05, 3.63) is 45.4 Å². The number of rotatable bonds is 12. The van der Waals surface area contributed by atoms with Crippen LogP contribution in [0.1, 0.15) is 39.0 Å². The van der Waals surface area contributed by atoms with Crippen LogP contribution in [-0.4, -0.2) is 32.8 Å². The Kier molecular flexibility index (Phi) is 11.3. The summed E-state index contributed by atoms with van der Waals surface area (Å²) >= 11 is 0. The van der Waals surface area contributed by atoms with Crippen LogP contribution in [0.5, 0.6) is 11.5 Å². The second-order valence-corrected chi connectivity index (χ2v) is 7.44. The van der Waals surface area contributed by atoms with Crippen LogP contribution < -0.4 is 19.9 Å². The Morgan fingerprint density at radius 1 is 0.938 bits per heavy atom. The first kappa shape index (κ1) is 26.4. The predicted octanol–water partition coefficient (Wildman–Crippen LogP) is 2.34. The average Bonchev–Trinajstić information content (AvgIpc) is 2.76. The molecule has 0 saturated carbocycles. The Hall–Kier alpha value is -3.61. The number of nitrogens with zero attached hydrogens (tertiary/aromatic N) is 4. The Bertz CT molecular complexity index is 1170. The van der Waals surface area contributed by atoms with Gasteiger partial charge in [-0.1, -0.05) is 19.8 Å². The number of hydrogen-bond donors (Lipinski definition) is 1. The van der Waals surface area contributed by atoms with Gasteiger partial charge in [0.2, 0.25) is 0 Å². The lowest BCUT2D eigenvalue weighted by Gasteiger charge is -2.12. The van der Waals surface area contributed by atoms with Crippen LogP contribution in [0.2, 0.25) is 0 Å². The first-order valence-electron chi connectivity index (χ1n) is 9.66. The van der Waals surface area contributed by atoms with E-state index < -0.39 is 10.4 Å². The van der Waals surface area contributed by atoms with Gasteiger partial charge in [0.15, 0.2) is 0 Å². The van der Waals surface area contributed by atoms with Gasteiger partial charge in [-0.05, 0) is 31.4 Å². The highest BCUT2D eigenvalue weighted by Gasteiger charge is 2.12. The zero-order valence-electron chi connectivity index (χ0n) is 17.5. The van der Waals surface area contributed by atoms with Crippen molar-refractivity contribution in [2.24, 2.45) is 0 Å². The minimum Gasteiger partial charge on any atom is -0.494 e. The van der Waals surface area contributed by atoms with Crippen molar-refractivity contribution in [2.75, 3.05) is 19.8 Å². The summed E-state index contributed by atoms with van der Waals surface area (Å²) in [5.74, 6) is 0.314. The average molecular weight is 458 g/mol. The summed E-state index contributed by atoms with van der Waals surface area (Å²) in [6.45, 7) is 16.7. The van der Waals surface area contributed by atoms with Gasteiger partial charge in [-0.2, -0.15) is 8.42 Å². The lowest BCUT2D eigenvalue weighted by atomic mass is 10.1. The molecule has 1 aromatic carbocycles. The van der Waals surface area contributed by atoms with E-state index in [9.17, 15) is 18.9 Å². The van der Waals surface area contributed by atoms with Crippen LogP contribution in [-0.2, 0) is 14.6 Å². The van der Waals surface area contributed by atoms with Crippen LogP contribution in [0.4, 0.5) is 0 Å². The summed E-state index contributed by atoms with van der Waals surface area (Å²) in [6.07, 6.45) is 3.24. The summed E-state index contributed by atoms with van der Waals surface area (Å²) in [5, 5.41) is 19.0. The third-order valence-corrected chi connectivity index (χ3v) is 4.53. The number of benzene rings is 1. The Morgan fingerprint density at radius 2 is 1.38 bits per heavy atom. The van der Waals surface area contributed by atoms with Gasteiger partial charge in [0, 0.05) is 10.4 Å². The molecule has 1 N–H and O–H groups in total. The smallest absolute Gasteiger partial charge is 0.397 e. The molecule has 0 bridgehead atoms. The van der Waals surface area contributed by atoms with E-state index >= 15 is 0 Å². The Morgan fingerprint density at radius 3 is 1.75 bits per heavy atom. The molecule has 0 aliphatic heterocycles. The topological polar surface area (TPSA) is 138 Å². The standard InChI is InChI=1S/C21H22N4O6S/c1-4-5-6-9-29-20-12-17(19(15-23)25-3)21(13-16(20)18(14-22)24-2)30-10-7-8-11-31-32(26,27)28/h12-13H,4-11H2,1H3,(H,26,27,28)/b18-16-,19-17+. The Labute approximate surface area is 187 Å². The molecule has 32 heavy (non-hydrogen) atoms. The molecule has 0 aliphatic carbocycles. The van der Waals surface area contributed by atoms with Crippen molar-refractivity contribution in [3.63, 3.8) is 0 Å². The van der Waals surface area contributed by atoms with E-state index in [0.29, 0.717) is 13.0 Å². The fourth-order valence-electron chi connectivity index (χ4n) is 2.54. The van der Waals surface area contributed by atoms with E-state index in [-0.39, 0.29) is 53.0 Å². The fourth-order valence-corrected chi connectivity index (χ4v) is 2.87. The van der Waals surface area contributed by atoms with Crippen LogP contribution in [0.25, 0.3) is 21.1 Å². The molecule has 0 atom stereocenters. The molecule has 168 valence electrons. The summed E-state index contributed by atoms with van der Waals surface area (Å²) in [7, 11) is -4.51.